The molecule has 0 heterocycles. The van der Waals surface area contributed by atoms with Gasteiger partial charge in [-0.05, 0) is 19.3 Å². The van der Waals surface area contributed by atoms with Crippen LogP contribution in [-0.2, 0) is 10.0 Å². The summed E-state index contributed by atoms with van der Waals surface area (Å²) in [6, 6.07) is 0. The Morgan fingerprint density at radius 1 is 1.33 bits per heavy atom. The largest absolute Gasteiger partial charge is 0.389 e. The van der Waals surface area contributed by atoms with Gasteiger partial charge >= 0.3 is 0 Å². The van der Waals surface area contributed by atoms with E-state index < -0.39 is 15.6 Å². The molecule has 1 aliphatic rings. The Bertz CT molecular complexity index is 294. The van der Waals surface area contributed by atoms with Crippen LogP contribution < -0.4 is 0 Å². The number of hydrogen-bond acceptors (Lipinski definition) is 3. The van der Waals surface area contributed by atoms with Crippen molar-refractivity contribution < 1.29 is 13.5 Å². The number of rotatable bonds is 5. The average molecular weight is 235 g/mol. The molecule has 0 spiro atoms. The normalized spacial score (nSPS) is 21.1. The second-order valence-corrected chi connectivity index (χ2v) is 6.70. The molecule has 0 aromatic carbocycles. The molecule has 90 valence electrons. The average Bonchev–Trinajstić information content (AvgIpc) is 2.51. The molecular weight excluding hydrogens is 214 g/mol. The Morgan fingerprint density at radius 3 is 2.33 bits per heavy atom. The molecule has 0 bridgehead atoms. The van der Waals surface area contributed by atoms with Crippen LogP contribution in [0.2, 0.25) is 0 Å². The standard InChI is InChI=1S/C10H21NO3S/c1-3-8-15(13,14)11(2)9-10(12)6-4-5-7-10/h12H,3-9H2,1-2H3. The molecule has 1 aliphatic carbocycles. The van der Waals surface area contributed by atoms with E-state index in [9.17, 15) is 13.5 Å². The molecule has 0 radical (unpaired) electrons. The second-order valence-electron chi connectivity index (χ2n) is 4.50. The minimum atomic E-state index is -3.16. The molecule has 1 fully saturated rings. The number of sulfonamides is 1. The lowest BCUT2D eigenvalue weighted by Gasteiger charge is -2.27. The van der Waals surface area contributed by atoms with Crippen LogP contribution >= 0.6 is 0 Å². The molecule has 0 aromatic heterocycles. The number of likely N-dealkylation sites (N-methyl/N-ethyl adjacent to an activating group) is 1. The lowest BCUT2D eigenvalue weighted by atomic mass is 10.0. The number of hydrogen-bond donors (Lipinski definition) is 1. The maximum atomic E-state index is 11.7. The van der Waals surface area contributed by atoms with Crippen LogP contribution in [0.25, 0.3) is 0 Å². The Balaban J connectivity index is 2.58. The summed E-state index contributed by atoms with van der Waals surface area (Å²) in [7, 11) is -1.61. The SMILES string of the molecule is CCCS(=O)(=O)N(C)CC1(O)CCCC1. The van der Waals surface area contributed by atoms with Crippen LogP contribution in [0.5, 0.6) is 0 Å². The maximum Gasteiger partial charge on any atom is 0.213 e. The third-order valence-electron chi connectivity index (χ3n) is 2.99. The van der Waals surface area contributed by atoms with Gasteiger partial charge in [-0.2, -0.15) is 0 Å². The van der Waals surface area contributed by atoms with Crippen LogP contribution in [-0.4, -0.2) is 42.8 Å². The van der Waals surface area contributed by atoms with Gasteiger partial charge in [0.25, 0.3) is 0 Å². The zero-order chi connectivity index (χ0) is 11.5. The van der Waals surface area contributed by atoms with Crippen molar-refractivity contribution in [3.8, 4) is 0 Å². The second kappa shape index (κ2) is 4.80. The number of aliphatic hydroxyl groups is 1. The first-order valence-electron chi connectivity index (χ1n) is 5.56. The van der Waals surface area contributed by atoms with Gasteiger partial charge in [-0.3, -0.25) is 0 Å². The highest BCUT2D eigenvalue weighted by molar-refractivity contribution is 7.89. The van der Waals surface area contributed by atoms with Crippen molar-refractivity contribution in [3.05, 3.63) is 0 Å². The fourth-order valence-electron chi connectivity index (χ4n) is 2.12. The lowest BCUT2D eigenvalue weighted by Crippen LogP contribution is -2.42. The van der Waals surface area contributed by atoms with Crippen LogP contribution in [0.1, 0.15) is 39.0 Å². The van der Waals surface area contributed by atoms with E-state index in [4.69, 9.17) is 0 Å². The highest BCUT2D eigenvalue weighted by atomic mass is 32.2. The first-order valence-corrected chi connectivity index (χ1v) is 7.17. The summed E-state index contributed by atoms with van der Waals surface area (Å²) in [5.74, 6) is 0.166. The van der Waals surface area contributed by atoms with Gasteiger partial charge in [0, 0.05) is 13.6 Å². The lowest BCUT2D eigenvalue weighted by molar-refractivity contribution is 0.0333. The van der Waals surface area contributed by atoms with E-state index in [2.05, 4.69) is 0 Å². The highest BCUT2D eigenvalue weighted by Gasteiger charge is 2.34. The van der Waals surface area contributed by atoms with Crippen LogP contribution in [0.15, 0.2) is 0 Å². The van der Waals surface area contributed by atoms with Crippen molar-refractivity contribution in [1.82, 2.24) is 4.31 Å². The van der Waals surface area contributed by atoms with E-state index in [0.717, 1.165) is 25.7 Å². The first kappa shape index (κ1) is 12.9. The van der Waals surface area contributed by atoms with Gasteiger partial charge in [-0.1, -0.05) is 19.8 Å². The minimum absolute atomic E-state index is 0.166. The van der Waals surface area contributed by atoms with Crippen LogP contribution in [0.4, 0.5) is 0 Å². The van der Waals surface area contributed by atoms with E-state index in [1.54, 1.807) is 7.05 Å². The predicted octanol–water partition coefficient (Wildman–Crippen LogP) is 0.963. The van der Waals surface area contributed by atoms with Crippen molar-refractivity contribution in [1.29, 1.82) is 0 Å². The van der Waals surface area contributed by atoms with Crippen LogP contribution in [0, 0.1) is 0 Å². The molecule has 5 heteroatoms. The monoisotopic (exact) mass is 235 g/mol. The summed E-state index contributed by atoms with van der Waals surface area (Å²) in [5, 5.41) is 10.1. The van der Waals surface area contributed by atoms with Gasteiger partial charge in [0.2, 0.25) is 10.0 Å². The quantitative estimate of drug-likeness (QED) is 0.772. The molecule has 0 aliphatic heterocycles. The smallest absolute Gasteiger partial charge is 0.213 e. The molecular formula is C10H21NO3S. The summed E-state index contributed by atoms with van der Waals surface area (Å²) >= 11 is 0. The van der Waals surface area contributed by atoms with Crippen molar-refractivity contribution >= 4 is 10.0 Å². The molecule has 0 amide bonds. The van der Waals surface area contributed by atoms with Gasteiger partial charge in [0.15, 0.2) is 0 Å². The van der Waals surface area contributed by atoms with Crippen molar-refractivity contribution in [2.24, 2.45) is 0 Å². The summed E-state index contributed by atoms with van der Waals surface area (Å²) in [5.41, 5.74) is -0.782. The van der Waals surface area contributed by atoms with Crippen LogP contribution in [0.3, 0.4) is 0 Å². The van der Waals surface area contributed by atoms with Gasteiger partial charge in [-0.15, -0.1) is 0 Å². The zero-order valence-electron chi connectivity index (χ0n) is 9.57. The number of nitrogens with zero attached hydrogens (tertiary/aromatic N) is 1. The Labute approximate surface area is 92.3 Å². The molecule has 15 heavy (non-hydrogen) atoms. The predicted molar refractivity (Wildman–Crippen MR) is 60.1 cm³/mol. The van der Waals surface area contributed by atoms with Gasteiger partial charge < -0.3 is 5.11 Å². The molecule has 0 atom stereocenters. The highest BCUT2D eigenvalue weighted by Crippen LogP contribution is 2.30. The fourth-order valence-corrected chi connectivity index (χ4v) is 3.38. The third kappa shape index (κ3) is 3.43. The van der Waals surface area contributed by atoms with Gasteiger partial charge in [-0.25, -0.2) is 12.7 Å². The molecule has 1 saturated carbocycles. The third-order valence-corrected chi connectivity index (χ3v) is 4.99. The van der Waals surface area contributed by atoms with E-state index in [-0.39, 0.29) is 12.3 Å². The van der Waals surface area contributed by atoms with Gasteiger partial charge in [0.05, 0.1) is 11.4 Å². The van der Waals surface area contributed by atoms with E-state index >= 15 is 0 Å². The zero-order valence-corrected chi connectivity index (χ0v) is 10.4. The van der Waals surface area contributed by atoms with E-state index in [1.807, 2.05) is 6.92 Å². The van der Waals surface area contributed by atoms with Gasteiger partial charge in [0.1, 0.15) is 0 Å². The molecule has 0 unspecified atom stereocenters. The molecule has 1 N–H and O–H groups in total. The summed E-state index contributed by atoms with van der Waals surface area (Å²) in [6.45, 7) is 2.09. The van der Waals surface area contributed by atoms with Crippen molar-refractivity contribution in [2.45, 2.75) is 44.6 Å². The van der Waals surface area contributed by atoms with E-state index in [0.29, 0.717) is 6.42 Å². The minimum Gasteiger partial charge on any atom is -0.389 e. The summed E-state index contributed by atoms with van der Waals surface area (Å²) in [6.07, 6.45) is 4.05. The first-order chi connectivity index (χ1) is 6.90. The molecule has 0 saturated heterocycles. The summed E-state index contributed by atoms with van der Waals surface area (Å²) in [4.78, 5) is 0. The molecule has 1 rings (SSSR count). The maximum absolute atomic E-state index is 11.7. The molecule has 0 aromatic rings. The topological polar surface area (TPSA) is 57.6 Å². The molecule has 4 nitrogen and oxygen atoms in total. The Kier molecular flexibility index (Phi) is 4.14. The Morgan fingerprint density at radius 2 is 1.87 bits per heavy atom. The summed E-state index contributed by atoms with van der Waals surface area (Å²) < 4.78 is 24.7. The van der Waals surface area contributed by atoms with E-state index in [1.165, 1.54) is 4.31 Å². The fraction of sp³-hybridized carbons (Fsp3) is 1.00. The van der Waals surface area contributed by atoms with Crippen molar-refractivity contribution in [2.75, 3.05) is 19.3 Å². The van der Waals surface area contributed by atoms with Crippen molar-refractivity contribution in [3.63, 3.8) is 0 Å². The Hall–Kier alpha value is -0.130.